The van der Waals surface area contributed by atoms with E-state index in [-0.39, 0.29) is 18.7 Å². The van der Waals surface area contributed by atoms with Crippen molar-refractivity contribution in [3.05, 3.63) is 0 Å². The zero-order valence-electron chi connectivity index (χ0n) is 8.92. The lowest BCUT2D eigenvalue weighted by atomic mass is 10.0. The van der Waals surface area contributed by atoms with Gasteiger partial charge < -0.3 is 15.7 Å². The molecule has 0 spiro atoms. The van der Waals surface area contributed by atoms with Gasteiger partial charge in [0.05, 0.1) is 0 Å². The van der Waals surface area contributed by atoms with Crippen LogP contribution in [0.1, 0.15) is 33.1 Å². The molecule has 1 aliphatic rings. The monoisotopic (exact) mass is 200 g/mol. The average molecular weight is 200 g/mol. The molecule has 0 aromatic heterocycles. The molecule has 0 aromatic rings. The van der Waals surface area contributed by atoms with Gasteiger partial charge in [-0.2, -0.15) is 0 Å². The van der Waals surface area contributed by atoms with Crippen LogP contribution in [-0.4, -0.2) is 29.8 Å². The van der Waals surface area contributed by atoms with Crippen molar-refractivity contribution in [2.45, 2.75) is 45.2 Å². The summed E-state index contributed by atoms with van der Waals surface area (Å²) in [5.41, 5.74) is 0. The second-order valence-electron chi connectivity index (χ2n) is 4.25. The van der Waals surface area contributed by atoms with Crippen molar-refractivity contribution in [2.75, 3.05) is 6.61 Å². The zero-order valence-corrected chi connectivity index (χ0v) is 8.92. The van der Waals surface area contributed by atoms with E-state index >= 15 is 0 Å². The van der Waals surface area contributed by atoms with Crippen LogP contribution in [0.3, 0.4) is 0 Å². The maximum absolute atomic E-state index is 11.4. The molecule has 0 radical (unpaired) electrons. The van der Waals surface area contributed by atoms with Gasteiger partial charge in [-0.3, -0.25) is 0 Å². The quantitative estimate of drug-likeness (QED) is 0.616. The lowest BCUT2D eigenvalue weighted by molar-refractivity contribution is 0.218. The van der Waals surface area contributed by atoms with E-state index in [0.29, 0.717) is 18.4 Å². The first-order chi connectivity index (χ1) is 6.63. The molecule has 3 N–H and O–H groups in total. The molecule has 14 heavy (non-hydrogen) atoms. The van der Waals surface area contributed by atoms with Gasteiger partial charge in [0.1, 0.15) is 0 Å². The molecule has 4 nitrogen and oxygen atoms in total. The van der Waals surface area contributed by atoms with Crippen molar-refractivity contribution in [3.63, 3.8) is 0 Å². The summed E-state index contributed by atoms with van der Waals surface area (Å²) in [4.78, 5) is 11.4. The average Bonchev–Trinajstić information content (AvgIpc) is 2.87. The first-order valence-electron chi connectivity index (χ1n) is 5.31. The predicted octanol–water partition coefficient (Wildman–Crippen LogP) is 0.855. The van der Waals surface area contributed by atoms with E-state index in [1.807, 2.05) is 13.8 Å². The lowest BCUT2D eigenvalue weighted by Crippen LogP contribution is -2.45. The number of carbonyl (C=O) groups excluding carboxylic acids is 1. The fourth-order valence-electron chi connectivity index (χ4n) is 1.33. The summed E-state index contributed by atoms with van der Waals surface area (Å²) in [5.74, 6) is 0.354. The van der Waals surface area contributed by atoms with Crippen molar-refractivity contribution >= 4 is 6.03 Å². The molecule has 1 atom stereocenters. The van der Waals surface area contributed by atoms with E-state index in [4.69, 9.17) is 5.11 Å². The van der Waals surface area contributed by atoms with Gasteiger partial charge in [-0.05, 0) is 25.2 Å². The summed E-state index contributed by atoms with van der Waals surface area (Å²) >= 11 is 0. The van der Waals surface area contributed by atoms with Crippen LogP contribution in [-0.2, 0) is 0 Å². The molecule has 2 amide bonds. The molecule has 1 unspecified atom stereocenters. The van der Waals surface area contributed by atoms with Crippen molar-refractivity contribution < 1.29 is 9.90 Å². The Morgan fingerprint density at radius 2 is 2.14 bits per heavy atom. The van der Waals surface area contributed by atoms with Crippen LogP contribution in [0.15, 0.2) is 0 Å². The summed E-state index contributed by atoms with van der Waals surface area (Å²) in [5, 5.41) is 14.6. The Balaban J connectivity index is 2.25. The highest BCUT2D eigenvalue weighted by Crippen LogP contribution is 2.18. The van der Waals surface area contributed by atoms with E-state index in [2.05, 4.69) is 10.6 Å². The van der Waals surface area contributed by atoms with Gasteiger partial charge in [-0.1, -0.05) is 13.8 Å². The molecule has 0 bridgehead atoms. The molecule has 82 valence electrons. The zero-order chi connectivity index (χ0) is 10.6. The van der Waals surface area contributed by atoms with E-state index < -0.39 is 0 Å². The van der Waals surface area contributed by atoms with Gasteiger partial charge in [-0.25, -0.2) is 4.79 Å². The van der Waals surface area contributed by atoms with Gasteiger partial charge in [0.2, 0.25) is 0 Å². The molecule has 0 aromatic carbocycles. The van der Waals surface area contributed by atoms with Crippen molar-refractivity contribution in [2.24, 2.45) is 5.92 Å². The Morgan fingerprint density at radius 1 is 1.50 bits per heavy atom. The van der Waals surface area contributed by atoms with Gasteiger partial charge in [0, 0.05) is 18.7 Å². The second-order valence-corrected chi connectivity index (χ2v) is 4.25. The summed E-state index contributed by atoms with van der Waals surface area (Å²) in [6.07, 6.45) is 2.81. The largest absolute Gasteiger partial charge is 0.396 e. The highest BCUT2D eigenvalue weighted by Gasteiger charge is 2.24. The number of aliphatic hydroxyl groups is 1. The topological polar surface area (TPSA) is 61.4 Å². The molecule has 1 aliphatic carbocycles. The maximum Gasteiger partial charge on any atom is 0.315 e. The Morgan fingerprint density at radius 3 is 2.57 bits per heavy atom. The number of nitrogens with one attached hydrogen (secondary N) is 2. The van der Waals surface area contributed by atoms with Crippen LogP contribution in [0.2, 0.25) is 0 Å². The van der Waals surface area contributed by atoms with Gasteiger partial charge >= 0.3 is 6.03 Å². The Bertz CT molecular complexity index is 191. The predicted molar refractivity (Wildman–Crippen MR) is 55.0 cm³/mol. The first-order valence-corrected chi connectivity index (χ1v) is 5.31. The minimum Gasteiger partial charge on any atom is -0.396 e. The van der Waals surface area contributed by atoms with Crippen LogP contribution in [0.4, 0.5) is 4.79 Å². The van der Waals surface area contributed by atoms with Gasteiger partial charge in [-0.15, -0.1) is 0 Å². The van der Waals surface area contributed by atoms with Crippen LogP contribution < -0.4 is 10.6 Å². The van der Waals surface area contributed by atoms with E-state index in [1.54, 1.807) is 0 Å². The molecular formula is C10H20N2O2. The number of aliphatic hydroxyl groups excluding tert-OH is 1. The third-order valence-electron chi connectivity index (χ3n) is 2.47. The third kappa shape index (κ3) is 3.96. The third-order valence-corrected chi connectivity index (χ3v) is 2.47. The van der Waals surface area contributed by atoms with Crippen LogP contribution in [0.25, 0.3) is 0 Å². The van der Waals surface area contributed by atoms with E-state index in [1.165, 1.54) is 0 Å². The standard InChI is InChI=1S/C10H20N2O2/c1-7(2)9(5-6-13)12-10(14)11-8-3-4-8/h7-9,13H,3-6H2,1-2H3,(H2,11,12,14). The highest BCUT2D eigenvalue weighted by molar-refractivity contribution is 5.74. The van der Waals surface area contributed by atoms with E-state index in [9.17, 15) is 4.79 Å². The number of amides is 2. The molecule has 4 heteroatoms. The Labute approximate surface area is 85.1 Å². The Hall–Kier alpha value is -0.770. The maximum atomic E-state index is 11.4. The van der Waals surface area contributed by atoms with Crippen LogP contribution >= 0.6 is 0 Å². The van der Waals surface area contributed by atoms with Crippen molar-refractivity contribution in [3.8, 4) is 0 Å². The summed E-state index contributed by atoms with van der Waals surface area (Å²) in [6, 6.07) is 0.357. The minimum atomic E-state index is -0.0975. The molecule has 0 heterocycles. The number of carbonyl (C=O) groups is 1. The van der Waals surface area contributed by atoms with Gasteiger partial charge in [0.15, 0.2) is 0 Å². The fourth-order valence-corrected chi connectivity index (χ4v) is 1.33. The molecule has 1 saturated carbocycles. The van der Waals surface area contributed by atoms with Crippen molar-refractivity contribution in [1.82, 2.24) is 10.6 Å². The van der Waals surface area contributed by atoms with Crippen LogP contribution in [0.5, 0.6) is 0 Å². The second kappa shape index (κ2) is 5.20. The normalized spacial score (nSPS) is 18.0. The van der Waals surface area contributed by atoms with Crippen LogP contribution in [0, 0.1) is 5.92 Å². The van der Waals surface area contributed by atoms with Gasteiger partial charge in [0.25, 0.3) is 0 Å². The molecule has 0 aliphatic heterocycles. The van der Waals surface area contributed by atoms with Crippen molar-refractivity contribution in [1.29, 1.82) is 0 Å². The molecule has 1 fully saturated rings. The Kier molecular flexibility index (Phi) is 4.20. The molecule has 1 rings (SSSR count). The SMILES string of the molecule is CC(C)C(CCO)NC(=O)NC1CC1. The van der Waals surface area contributed by atoms with E-state index in [0.717, 1.165) is 12.8 Å². The minimum absolute atomic E-state index is 0.0683. The summed E-state index contributed by atoms with van der Waals surface area (Å²) in [6.45, 7) is 4.20. The summed E-state index contributed by atoms with van der Waals surface area (Å²) in [7, 11) is 0. The number of urea groups is 1. The highest BCUT2D eigenvalue weighted by atomic mass is 16.3. The lowest BCUT2D eigenvalue weighted by Gasteiger charge is -2.21. The molecular weight excluding hydrogens is 180 g/mol. The first kappa shape index (κ1) is 11.3. The smallest absolute Gasteiger partial charge is 0.315 e. The number of hydrogen-bond donors (Lipinski definition) is 3. The number of hydrogen-bond acceptors (Lipinski definition) is 2. The molecule has 0 saturated heterocycles. The summed E-state index contributed by atoms with van der Waals surface area (Å²) < 4.78 is 0. The fraction of sp³-hybridized carbons (Fsp3) is 0.900. The number of rotatable bonds is 5.